The van der Waals surface area contributed by atoms with E-state index in [1.807, 2.05) is 0 Å². The first kappa shape index (κ1) is 28.3. The molecule has 8 rings (SSSR count). The highest BCUT2D eigenvalue weighted by atomic mass is 19.4. The quantitative estimate of drug-likeness (QED) is 0.188. The van der Waals surface area contributed by atoms with Gasteiger partial charge in [0, 0.05) is 0 Å². The maximum atomic E-state index is 13.4. The zero-order valence-corrected chi connectivity index (χ0v) is 25.6. The van der Waals surface area contributed by atoms with Gasteiger partial charge in [-0.05, 0) is 114 Å². The summed E-state index contributed by atoms with van der Waals surface area (Å²) >= 11 is 0. The number of hydrogen-bond acceptors (Lipinski definition) is 0. The Hall–Kier alpha value is -5.15. The fourth-order valence-electron chi connectivity index (χ4n) is 7.29. The first-order valence-corrected chi connectivity index (χ1v) is 15.7. The zero-order valence-electron chi connectivity index (χ0n) is 25.6. The number of fused-ring (bicyclic) bond motifs is 4. The molecule has 7 aromatic carbocycles. The molecular formula is C43H31F3. The molecule has 1 unspecified atom stereocenters. The van der Waals surface area contributed by atoms with Gasteiger partial charge in [0.15, 0.2) is 0 Å². The van der Waals surface area contributed by atoms with Gasteiger partial charge in [-0.15, -0.1) is 0 Å². The Morgan fingerprint density at radius 3 is 1.76 bits per heavy atom. The van der Waals surface area contributed by atoms with Gasteiger partial charge in [0.05, 0.1) is 5.56 Å². The average molecular weight is 605 g/mol. The summed E-state index contributed by atoms with van der Waals surface area (Å²) in [6.07, 6.45) is -1.09. The molecule has 0 bridgehead atoms. The van der Waals surface area contributed by atoms with E-state index in [-0.39, 0.29) is 0 Å². The van der Waals surface area contributed by atoms with Gasteiger partial charge in [0.1, 0.15) is 0 Å². The summed E-state index contributed by atoms with van der Waals surface area (Å²) in [5.41, 5.74) is 9.70. The predicted octanol–water partition coefficient (Wildman–Crippen LogP) is 12.8. The Bertz CT molecular complexity index is 2330. The third-order valence-electron chi connectivity index (χ3n) is 9.78. The lowest BCUT2D eigenvalue weighted by Gasteiger charge is -2.29. The van der Waals surface area contributed by atoms with Gasteiger partial charge < -0.3 is 0 Å². The highest BCUT2D eigenvalue weighted by Crippen LogP contribution is 2.49. The van der Waals surface area contributed by atoms with Gasteiger partial charge in [-0.1, -0.05) is 128 Å². The molecule has 0 spiro atoms. The molecule has 0 saturated carbocycles. The molecule has 0 amide bonds. The van der Waals surface area contributed by atoms with Crippen molar-refractivity contribution in [3.05, 3.63) is 150 Å². The summed E-state index contributed by atoms with van der Waals surface area (Å²) in [5.74, 6) is 0.372. The van der Waals surface area contributed by atoms with Crippen molar-refractivity contribution in [1.29, 1.82) is 0 Å². The molecule has 7 aromatic rings. The largest absolute Gasteiger partial charge is 0.416 e. The molecular weight excluding hydrogens is 573 g/mol. The molecule has 0 aromatic heterocycles. The van der Waals surface area contributed by atoms with Crippen LogP contribution in [0.15, 0.2) is 133 Å². The number of alkyl halides is 3. The van der Waals surface area contributed by atoms with Gasteiger partial charge in [-0.2, -0.15) is 13.2 Å². The second-order valence-corrected chi connectivity index (χ2v) is 12.5. The molecule has 0 aliphatic heterocycles. The second kappa shape index (κ2) is 10.7. The zero-order chi connectivity index (χ0) is 31.6. The van der Waals surface area contributed by atoms with Crippen LogP contribution in [0.4, 0.5) is 13.2 Å². The number of benzene rings is 7. The van der Waals surface area contributed by atoms with Gasteiger partial charge in [0.2, 0.25) is 0 Å². The van der Waals surface area contributed by atoms with E-state index in [9.17, 15) is 13.2 Å². The minimum atomic E-state index is -4.38. The number of halogens is 3. The summed E-state index contributed by atoms with van der Waals surface area (Å²) in [7, 11) is 0. The van der Waals surface area contributed by atoms with Crippen molar-refractivity contribution in [1.82, 2.24) is 0 Å². The Morgan fingerprint density at radius 2 is 1.13 bits per heavy atom. The molecule has 0 heterocycles. The van der Waals surface area contributed by atoms with E-state index in [1.54, 1.807) is 12.1 Å². The SMILES string of the molecule is CC1=Cc2c(c(-c3cccc4ccccc34)c3cc(-c4ccc(C(F)(F)F)cc4)ccc3c2-c2cccc3ccccc23)CC1C. The number of allylic oxidation sites excluding steroid dienone is 1. The van der Waals surface area contributed by atoms with Crippen molar-refractivity contribution in [2.45, 2.75) is 26.4 Å². The summed E-state index contributed by atoms with van der Waals surface area (Å²) in [5, 5.41) is 6.98. The lowest BCUT2D eigenvalue weighted by Crippen LogP contribution is -2.11. The minimum Gasteiger partial charge on any atom is -0.166 e. The van der Waals surface area contributed by atoms with Crippen molar-refractivity contribution < 1.29 is 13.2 Å². The van der Waals surface area contributed by atoms with Gasteiger partial charge >= 0.3 is 6.18 Å². The van der Waals surface area contributed by atoms with E-state index in [1.165, 1.54) is 72.6 Å². The lowest BCUT2D eigenvalue weighted by molar-refractivity contribution is -0.137. The van der Waals surface area contributed by atoms with Crippen LogP contribution in [-0.2, 0) is 12.6 Å². The van der Waals surface area contributed by atoms with Crippen molar-refractivity contribution >= 4 is 38.4 Å². The van der Waals surface area contributed by atoms with Crippen LogP contribution in [0.5, 0.6) is 0 Å². The molecule has 224 valence electrons. The third-order valence-corrected chi connectivity index (χ3v) is 9.78. The van der Waals surface area contributed by atoms with E-state index in [0.717, 1.165) is 28.3 Å². The van der Waals surface area contributed by atoms with Crippen molar-refractivity contribution in [2.75, 3.05) is 0 Å². The summed E-state index contributed by atoms with van der Waals surface area (Å²) in [4.78, 5) is 0. The monoisotopic (exact) mass is 604 g/mol. The Labute approximate surface area is 266 Å². The van der Waals surface area contributed by atoms with Crippen LogP contribution in [-0.4, -0.2) is 0 Å². The minimum absolute atomic E-state index is 0.372. The van der Waals surface area contributed by atoms with Gasteiger partial charge in [-0.25, -0.2) is 0 Å². The Kier molecular flexibility index (Phi) is 6.61. The van der Waals surface area contributed by atoms with Crippen LogP contribution < -0.4 is 0 Å². The average Bonchev–Trinajstić information content (AvgIpc) is 3.07. The second-order valence-electron chi connectivity index (χ2n) is 12.5. The van der Waals surface area contributed by atoms with Crippen LogP contribution in [0.1, 0.15) is 30.5 Å². The summed E-state index contributed by atoms with van der Waals surface area (Å²) in [6, 6.07) is 42.0. The van der Waals surface area contributed by atoms with Gasteiger partial charge in [-0.3, -0.25) is 0 Å². The molecule has 0 nitrogen and oxygen atoms in total. The van der Waals surface area contributed by atoms with Crippen LogP contribution in [0.2, 0.25) is 0 Å². The molecule has 0 N–H and O–H groups in total. The standard InChI is InChI=1S/C43H31F3/c1-26-23-38-39(24-27(26)2)42(36-16-8-12-30-10-4-6-14-34(30)36)40-25-31(28-17-20-32(21-18-28)43(44,45)46)19-22-37(40)41(38)35-15-7-11-29-9-3-5-13-33(29)35/h3-23,25,27H,24H2,1-2H3. The summed E-state index contributed by atoms with van der Waals surface area (Å²) in [6.45, 7) is 4.53. The van der Waals surface area contributed by atoms with Crippen molar-refractivity contribution in [2.24, 2.45) is 5.92 Å². The van der Waals surface area contributed by atoms with E-state index >= 15 is 0 Å². The molecule has 1 aliphatic rings. The molecule has 1 aliphatic carbocycles. The maximum absolute atomic E-state index is 13.4. The van der Waals surface area contributed by atoms with E-state index in [4.69, 9.17) is 0 Å². The molecule has 1 atom stereocenters. The number of rotatable bonds is 3. The predicted molar refractivity (Wildman–Crippen MR) is 187 cm³/mol. The van der Waals surface area contributed by atoms with Crippen molar-refractivity contribution in [3.63, 3.8) is 0 Å². The van der Waals surface area contributed by atoms with Crippen LogP contribution >= 0.6 is 0 Å². The lowest BCUT2D eigenvalue weighted by atomic mass is 9.75. The molecule has 0 saturated heterocycles. The fraction of sp³-hybridized carbons (Fsp3) is 0.116. The molecule has 46 heavy (non-hydrogen) atoms. The Morgan fingerprint density at radius 1 is 0.565 bits per heavy atom. The van der Waals surface area contributed by atoms with Crippen LogP contribution in [0.25, 0.3) is 71.8 Å². The highest BCUT2D eigenvalue weighted by Gasteiger charge is 2.30. The van der Waals surface area contributed by atoms with E-state index < -0.39 is 11.7 Å². The van der Waals surface area contributed by atoms with Crippen LogP contribution in [0.3, 0.4) is 0 Å². The normalized spacial score (nSPS) is 14.9. The topological polar surface area (TPSA) is 0 Å². The van der Waals surface area contributed by atoms with Crippen LogP contribution in [0, 0.1) is 5.92 Å². The number of hydrogen-bond donors (Lipinski definition) is 0. The summed E-state index contributed by atoms with van der Waals surface area (Å²) < 4.78 is 40.3. The molecule has 0 radical (unpaired) electrons. The van der Waals surface area contributed by atoms with Crippen molar-refractivity contribution in [3.8, 4) is 33.4 Å². The Balaban J connectivity index is 1.52. The fourth-order valence-corrected chi connectivity index (χ4v) is 7.29. The highest BCUT2D eigenvalue weighted by molar-refractivity contribution is 6.17. The first-order valence-electron chi connectivity index (χ1n) is 15.7. The van der Waals surface area contributed by atoms with Gasteiger partial charge in [0.25, 0.3) is 0 Å². The third kappa shape index (κ3) is 4.61. The smallest absolute Gasteiger partial charge is 0.166 e. The maximum Gasteiger partial charge on any atom is 0.416 e. The van der Waals surface area contributed by atoms with E-state index in [2.05, 4.69) is 123 Å². The van der Waals surface area contributed by atoms with E-state index in [0.29, 0.717) is 5.92 Å². The first-order chi connectivity index (χ1) is 22.3. The molecule has 3 heteroatoms. The molecule has 0 fully saturated rings.